The van der Waals surface area contributed by atoms with E-state index in [0.29, 0.717) is 5.66 Å². The lowest BCUT2D eigenvalue weighted by atomic mass is 9.80. The Balaban J connectivity index is 2.10. The summed E-state index contributed by atoms with van der Waals surface area (Å²) in [7, 11) is -0.705. The maximum Gasteiger partial charge on any atom is 0.127 e. The zero-order chi connectivity index (χ0) is 23.0. The minimum absolute atomic E-state index is 0.0432. The maximum atomic E-state index is 7.13. The second-order valence-electron chi connectivity index (χ2n) is 11.7. The molecule has 0 radical (unpaired) electrons. The number of rotatable bonds is 4. The van der Waals surface area contributed by atoms with Crippen LogP contribution < -0.4 is 9.83 Å². The van der Waals surface area contributed by atoms with Gasteiger partial charge in [0.25, 0.3) is 0 Å². The average molecular weight is 439 g/mol. The van der Waals surface area contributed by atoms with E-state index in [0.717, 1.165) is 5.75 Å². The highest BCUT2D eigenvalue weighted by atomic mass is 31.1. The first-order chi connectivity index (χ1) is 14.4. The van der Waals surface area contributed by atoms with E-state index in [1.165, 1.54) is 65.2 Å². The first-order valence-electron chi connectivity index (χ1n) is 12.1. The van der Waals surface area contributed by atoms with Crippen LogP contribution in [0.4, 0.5) is 0 Å². The van der Waals surface area contributed by atoms with Crippen LogP contribution in [0.3, 0.4) is 0 Å². The Morgan fingerprint density at radius 3 is 1.87 bits per heavy atom. The van der Waals surface area contributed by atoms with Crippen LogP contribution in [-0.4, -0.2) is 5.66 Å². The molecule has 3 rings (SSSR count). The number of hydrogen-bond donors (Lipinski definition) is 0. The van der Waals surface area contributed by atoms with Crippen LogP contribution in [0.2, 0.25) is 0 Å². The van der Waals surface area contributed by atoms with Gasteiger partial charge in [0.05, 0.1) is 0 Å². The third kappa shape index (κ3) is 5.73. The van der Waals surface area contributed by atoms with Crippen molar-refractivity contribution < 1.29 is 4.52 Å². The summed E-state index contributed by atoms with van der Waals surface area (Å²) in [6.07, 6.45) is 6.64. The first-order valence-corrected chi connectivity index (χ1v) is 13.4. The molecule has 2 aromatic rings. The van der Waals surface area contributed by atoms with Gasteiger partial charge in [0.1, 0.15) is 13.9 Å². The van der Waals surface area contributed by atoms with E-state index in [1.54, 1.807) is 0 Å². The van der Waals surface area contributed by atoms with E-state index in [2.05, 4.69) is 92.6 Å². The Morgan fingerprint density at radius 2 is 1.35 bits per heavy atom. The second-order valence-corrected chi connectivity index (χ2v) is 13.7. The van der Waals surface area contributed by atoms with E-state index in [9.17, 15) is 0 Å². The molecule has 0 saturated heterocycles. The fourth-order valence-corrected chi connectivity index (χ4v) is 7.54. The van der Waals surface area contributed by atoms with E-state index in [-0.39, 0.29) is 10.8 Å². The number of benzene rings is 2. The third-order valence-electron chi connectivity index (χ3n) is 6.61. The first kappa shape index (κ1) is 24.3. The van der Waals surface area contributed by atoms with Gasteiger partial charge in [0.2, 0.25) is 0 Å². The molecule has 2 aromatic carbocycles. The highest BCUT2D eigenvalue weighted by Gasteiger charge is 2.32. The van der Waals surface area contributed by atoms with Gasteiger partial charge in [-0.1, -0.05) is 90.6 Å². The van der Waals surface area contributed by atoms with Crippen molar-refractivity contribution in [3.8, 4) is 5.75 Å². The van der Waals surface area contributed by atoms with Crippen molar-refractivity contribution in [1.82, 2.24) is 0 Å². The van der Waals surface area contributed by atoms with Crippen molar-refractivity contribution in [1.29, 1.82) is 0 Å². The Bertz CT molecular complexity index is 884. The van der Waals surface area contributed by atoms with E-state index in [4.69, 9.17) is 4.52 Å². The Hall–Kier alpha value is -1.33. The Labute approximate surface area is 192 Å². The van der Waals surface area contributed by atoms with Crippen LogP contribution in [0.25, 0.3) is 0 Å². The quantitative estimate of drug-likeness (QED) is 0.434. The lowest BCUT2D eigenvalue weighted by Gasteiger charge is -2.34. The molecule has 0 heterocycles. The molecular weight excluding hydrogens is 395 g/mol. The lowest BCUT2D eigenvalue weighted by Crippen LogP contribution is -2.25. The highest BCUT2D eigenvalue weighted by molar-refractivity contribution is 7.62. The van der Waals surface area contributed by atoms with Crippen molar-refractivity contribution in [2.75, 3.05) is 0 Å². The Morgan fingerprint density at radius 1 is 0.774 bits per heavy atom. The van der Waals surface area contributed by atoms with Crippen LogP contribution in [0.1, 0.15) is 101 Å². The van der Waals surface area contributed by atoms with Crippen molar-refractivity contribution in [2.45, 2.75) is 111 Å². The molecule has 1 nitrogen and oxygen atoms in total. The third-order valence-corrected chi connectivity index (χ3v) is 9.33. The van der Waals surface area contributed by atoms with Crippen molar-refractivity contribution >= 4 is 13.5 Å². The van der Waals surface area contributed by atoms with Gasteiger partial charge in [-0.3, -0.25) is 0 Å². The minimum atomic E-state index is -0.705. The molecule has 0 spiro atoms. The average Bonchev–Trinajstić information content (AvgIpc) is 2.65. The normalized spacial score (nSPS) is 16.9. The number of aryl methyl sites for hydroxylation is 3. The van der Waals surface area contributed by atoms with E-state index < -0.39 is 8.15 Å². The summed E-state index contributed by atoms with van der Waals surface area (Å²) in [5.74, 6) is 1.09. The summed E-state index contributed by atoms with van der Waals surface area (Å²) in [5.41, 5.74) is 7.70. The van der Waals surface area contributed by atoms with Crippen molar-refractivity contribution in [3.05, 3.63) is 58.1 Å². The lowest BCUT2D eigenvalue weighted by molar-refractivity contribution is 0.481. The van der Waals surface area contributed by atoms with E-state index in [1.807, 2.05) is 0 Å². The summed E-state index contributed by atoms with van der Waals surface area (Å²) >= 11 is 0. The van der Waals surface area contributed by atoms with Gasteiger partial charge in [0, 0.05) is 16.5 Å². The monoisotopic (exact) mass is 438 g/mol. The van der Waals surface area contributed by atoms with Crippen molar-refractivity contribution in [2.24, 2.45) is 0 Å². The second kappa shape index (κ2) is 9.27. The maximum absolute atomic E-state index is 7.13. The summed E-state index contributed by atoms with van der Waals surface area (Å²) in [4.78, 5) is 0. The standard InChI is InChI=1S/C29H43OP/c1-20-17-21(2)27(22(3)18-20)31(24-13-11-10-12-14-24)30-26-16-15-23(28(4,5)6)19-25(26)29(7,8)9/h15-19,24H,10-14H2,1-9H3. The molecule has 1 atom stereocenters. The van der Waals surface area contributed by atoms with Crippen LogP contribution in [-0.2, 0) is 10.8 Å². The van der Waals surface area contributed by atoms with Crippen LogP contribution in [0.15, 0.2) is 30.3 Å². The Kier molecular flexibility index (Phi) is 7.27. The van der Waals surface area contributed by atoms with E-state index >= 15 is 0 Å². The SMILES string of the molecule is Cc1cc(C)c(P(Oc2ccc(C(C)(C)C)cc2C(C)(C)C)C2CCCCC2)c(C)c1. The summed E-state index contributed by atoms with van der Waals surface area (Å²) in [6.45, 7) is 20.6. The van der Waals surface area contributed by atoms with Crippen LogP contribution in [0.5, 0.6) is 5.75 Å². The largest absolute Gasteiger partial charge is 0.469 e. The highest BCUT2D eigenvalue weighted by Crippen LogP contribution is 2.51. The number of hydrogen-bond acceptors (Lipinski definition) is 1. The van der Waals surface area contributed by atoms with Crippen molar-refractivity contribution in [3.63, 3.8) is 0 Å². The zero-order valence-corrected chi connectivity index (χ0v) is 22.2. The fourth-order valence-electron chi connectivity index (χ4n) is 4.91. The topological polar surface area (TPSA) is 9.23 Å². The summed E-state index contributed by atoms with van der Waals surface area (Å²) in [5, 5.41) is 1.48. The van der Waals surface area contributed by atoms with Gasteiger partial charge in [0.15, 0.2) is 0 Å². The predicted octanol–water partition coefficient (Wildman–Crippen LogP) is 8.64. The molecule has 1 saturated carbocycles. The van der Waals surface area contributed by atoms with Gasteiger partial charge in [-0.05, 0) is 67.2 Å². The molecule has 170 valence electrons. The van der Waals surface area contributed by atoms with Gasteiger partial charge in [-0.25, -0.2) is 0 Å². The predicted molar refractivity (Wildman–Crippen MR) is 139 cm³/mol. The smallest absolute Gasteiger partial charge is 0.127 e. The zero-order valence-electron chi connectivity index (χ0n) is 21.4. The molecule has 0 bridgehead atoms. The molecule has 0 N–H and O–H groups in total. The molecule has 1 fully saturated rings. The summed E-state index contributed by atoms with van der Waals surface area (Å²) < 4.78 is 7.13. The van der Waals surface area contributed by atoms with Crippen LogP contribution >= 0.6 is 8.15 Å². The molecule has 1 aliphatic rings. The molecule has 0 amide bonds. The van der Waals surface area contributed by atoms with Gasteiger partial charge in [-0.2, -0.15) is 0 Å². The van der Waals surface area contributed by atoms with Crippen LogP contribution in [0, 0.1) is 20.8 Å². The van der Waals surface area contributed by atoms with Gasteiger partial charge in [-0.15, -0.1) is 0 Å². The molecule has 1 aliphatic carbocycles. The molecular formula is C29H43OP. The minimum Gasteiger partial charge on any atom is -0.469 e. The molecule has 0 aromatic heterocycles. The molecule has 2 heteroatoms. The fraction of sp³-hybridized carbons (Fsp3) is 0.586. The van der Waals surface area contributed by atoms with Gasteiger partial charge >= 0.3 is 0 Å². The van der Waals surface area contributed by atoms with Gasteiger partial charge < -0.3 is 4.52 Å². The molecule has 0 aliphatic heterocycles. The molecule has 31 heavy (non-hydrogen) atoms. The summed E-state index contributed by atoms with van der Waals surface area (Å²) in [6, 6.07) is 11.6. The molecule has 1 unspecified atom stereocenters.